The molecule has 0 aromatic heterocycles. The Kier molecular flexibility index (Phi) is 4.14. The number of benzene rings is 2. The molecule has 0 aliphatic heterocycles. The minimum absolute atomic E-state index is 0.324. The summed E-state index contributed by atoms with van der Waals surface area (Å²) < 4.78 is 27.2. The van der Waals surface area contributed by atoms with Crippen LogP contribution in [-0.4, -0.2) is 0 Å². The molecule has 0 spiro atoms. The van der Waals surface area contributed by atoms with Gasteiger partial charge in [0.25, 0.3) is 0 Å². The largest absolute Gasteiger partial charge is 0.271 e. The van der Waals surface area contributed by atoms with Crippen molar-refractivity contribution < 1.29 is 8.78 Å². The number of nitrogens with two attached hydrogens (primary N) is 1. The average molecular weight is 283 g/mol. The molecule has 100 valence electrons. The maximum Gasteiger partial charge on any atom is 0.128 e. The van der Waals surface area contributed by atoms with Gasteiger partial charge in [-0.3, -0.25) is 5.84 Å². The highest BCUT2D eigenvalue weighted by Gasteiger charge is 2.19. The first-order chi connectivity index (χ1) is 9.02. The molecule has 0 saturated heterocycles. The van der Waals surface area contributed by atoms with Crippen LogP contribution in [0.5, 0.6) is 0 Å². The monoisotopic (exact) mass is 282 g/mol. The second kappa shape index (κ2) is 5.65. The molecular formula is C14H13ClF2N2. The summed E-state index contributed by atoms with van der Waals surface area (Å²) in [6.07, 6.45) is 0. The van der Waals surface area contributed by atoms with Gasteiger partial charge in [-0.1, -0.05) is 29.3 Å². The van der Waals surface area contributed by atoms with E-state index in [0.717, 1.165) is 5.56 Å². The van der Waals surface area contributed by atoms with Gasteiger partial charge in [0.05, 0.1) is 6.04 Å². The van der Waals surface area contributed by atoms with E-state index in [1.165, 1.54) is 24.3 Å². The van der Waals surface area contributed by atoms with Gasteiger partial charge in [-0.15, -0.1) is 0 Å². The summed E-state index contributed by atoms with van der Waals surface area (Å²) in [5.74, 6) is 4.60. The Morgan fingerprint density at radius 3 is 2.53 bits per heavy atom. The first-order valence-corrected chi connectivity index (χ1v) is 6.08. The van der Waals surface area contributed by atoms with Crippen molar-refractivity contribution >= 4 is 11.6 Å². The van der Waals surface area contributed by atoms with Crippen molar-refractivity contribution in [3.63, 3.8) is 0 Å². The van der Waals surface area contributed by atoms with Crippen molar-refractivity contribution in [2.75, 3.05) is 0 Å². The van der Waals surface area contributed by atoms with E-state index in [0.29, 0.717) is 16.1 Å². The van der Waals surface area contributed by atoms with E-state index in [2.05, 4.69) is 5.43 Å². The van der Waals surface area contributed by atoms with Crippen LogP contribution in [0, 0.1) is 18.6 Å². The van der Waals surface area contributed by atoms with Gasteiger partial charge in [-0.25, -0.2) is 14.2 Å². The molecule has 5 heteroatoms. The lowest BCUT2D eigenvalue weighted by molar-refractivity contribution is 0.555. The summed E-state index contributed by atoms with van der Waals surface area (Å²) in [4.78, 5) is 0. The van der Waals surface area contributed by atoms with Gasteiger partial charge >= 0.3 is 0 Å². The fourth-order valence-corrected chi connectivity index (χ4v) is 2.19. The maximum atomic E-state index is 13.9. The molecule has 2 aromatic rings. The summed E-state index contributed by atoms with van der Waals surface area (Å²) in [5.41, 5.74) is 4.08. The predicted octanol–water partition coefficient (Wildman–Crippen LogP) is 3.48. The Morgan fingerprint density at radius 2 is 1.84 bits per heavy atom. The Balaban J connectivity index is 2.55. The average Bonchev–Trinajstić information content (AvgIpc) is 2.38. The number of halogens is 3. The van der Waals surface area contributed by atoms with Crippen molar-refractivity contribution in [3.05, 3.63) is 69.7 Å². The van der Waals surface area contributed by atoms with Crippen LogP contribution in [0.1, 0.15) is 22.7 Å². The Morgan fingerprint density at radius 1 is 1.11 bits per heavy atom. The molecule has 19 heavy (non-hydrogen) atoms. The molecule has 2 aromatic carbocycles. The zero-order valence-electron chi connectivity index (χ0n) is 10.3. The predicted molar refractivity (Wildman–Crippen MR) is 71.7 cm³/mol. The van der Waals surface area contributed by atoms with Crippen LogP contribution in [-0.2, 0) is 0 Å². The third-order valence-corrected chi connectivity index (χ3v) is 3.24. The summed E-state index contributed by atoms with van der Waals surface area (Å²) >= 11 is 6.03. The molecule has 1 unspecified atom stereocenters. The molecule has 0 saturated carbocycles. The number of hydrogen-bond acceptors (Lipinski definition) is 2. The zero-order chi connectivity index (χ0) is 14.0. The maximum absolute atomic E-state index is 13.9. The van der Waals surface area contributed by atoms with Crippen LogP contribution in [0.2, 0.25) is 5.02 Å². The highest BCUT2D eigenvalue weighted by Crippen LogP contribution is 2.30. The van der Waals surface area contributed by atoms with E-state index in [4.69, 9.17) is 17.4 Å². The first kappa shape index (κ1) is 13.9. The van der Waals surface area contributed by atoms with Gasteiger partial charge in [-0.05, 0) is 36.8 Å². The van der Waals surface area contributed by atoms with Crippen LogP contribution < -0.4 is 11.3 Å². The standard InChI is InChI=1S/C14H13ClF2N2/c1-8-2-5-13(17)11(6-8)14(19-18)10-7-9(16)3-4-12(10)15/h2-7,14,19H,18H2,1H3. The number of hydrazine groups is 1. The van der Waals surface area contributed by atoms with Gasteiger partial charge in [0, 0.05) is 10.6 Å². The fraction of sp³-hybridized carbons (Fsp3) is 0.143. The summed E-state index contributed by atoms with van der Waals surface area (Å²) in [6, 6.07) is 7.86. The van der Waals surface area contributed by atoms with Crippen molar-refractivity contribution in [2.24, 2.45) is 5.84 Å². The lowest BCUT2D eigenvalue weighted by atomic mass is 9.97. The molecule has 0 aliphatic rings. The quantitative estimate of drug-likeness (QED) is 0.668. The van der Waals surface area contributed by atoms with Crippen molar-refractivity contribution in [2.45, 2.75) is 13.0 Å². The van der Waals surface area contributed by atoms with E-state index >= 15 is 0 Å². The van der Waals surface area contributed by atoms with Crippen LogP contribution in [0.4, 0.5) is 8.78 Å². The molecule has 0 bridgehead atoms. The Bertz CT molecular complexity index is 550. The number of nitrogens with one attached hydrogen (secondary N) is 1. The second-order valence-corrected chi connectivity index (χ2v) is 4.70. The number of rotatable bonds is 3. The molecule has 0 heterocycles. The van der Waals surface area contributed by atoms with Gasteiger partial charge in [0.1, 0.15) is 11.6 Å². The van der Waals surface area contributed by atoms with Crippen molar-refractivity contribution in [1.82, 2.24) is 5.43 Å². The molecule has 0 amide bonds. The molecule has 0 fully saturated rings. The smallest absolute Gasteiger partial charge is 0.128 e. The van der Waals surface area contributed by atoms with Gasteiger partial charge in [0.15, 0.2) is 0 Å². The second-order valence-electron chi connectivity index (χ2n) is 4.29. The van der Waals surface area contributed by atoms with E-state index in [9.17, 15) is 8.78 Å². The van der Waals surface area contributed by atoms with Crippen LogP contribution in [0.3, 0.4) is 0 Å². The lowest BCUT2D eigenvalue weighted by Crippen LogP contribution is -2.30. The van der Waals surface area contributed by atoms with Gasteiger partial charge in [-0.2, -0.15) is 0 Å². The SMILES string of the molecule is Cc1ccc(F)c(C(NN)c2cc(F)ccc2Cl)c1. The summed E-state index contributed by atoms with van der Waals surface area (Å²) in [5, 5.41) is 0.324. The molecule has 0 radical (unpaired) electrons. The van der Waals surface area contributed by atoms with Gasteiger partial charge < -0.3 is 0 Å². The number of aryl methyl sites for hydroxylation is 1. The first-order valence-electron chi connectivity index (χ1n) is 5.70. The lowest BCUT2D eigenvalue weighted by Gasteiger charge is -2.19. The zero-order valence-corrected chi connectivity index (χ0v) is 11.0. The van der Waals surface area contributed by atoms with Crippen molar-refractivity contribution in [3.8, 4) is 0 Å². The molecule has 3 N–H and O–H groups in total. The van der Waals surface area contributed by atoms with Crippen LogP contribution in [0.15, 0.2) is 36.4 Å². The Labute approximate surface area is 115 Å². The minimum Gasteiger partial charge on any atom is -0.271 e. The van der Waals surface area contributed by atoms with Crippen LogP contribution in [0.25, 0.3) is 0 Å². The van der Waals surface area contributed by atoms with E-state index in [1.54, 1.807) is 12.1 Å². The minimum atomic E-state index is -0.705. The van der Waals surface area contributed by atoms with Crippen molar-refractivity contribution in [1.29, 1.82) is 0 Å². The van der Waals surface area contributed by atoms with Gasteiger partial charge in [0.2, 0.25) is 0 Å². The highest BCUT2D eigenvalue weighted by atomic mass is 35.5. The van der Waals surface area contributed by atoms with E-state index in [-0.39, 0.29) is 0 Å². The summed E-state index contributed by atoms with van der Waals surface area (Å²) in [6.45, 7) is 1.84. The van der Waals surface area contributed by atoms with E-state index < -0.39 is 17.7 Å². The molecule has 2 rings (SSSR count). The number of hydrogen-bond donors (Lipinski definition) is 2. The molecule has 2 nitrogen and oxygen atoms in total. The molecule has 0 aliphatic carbocycles. The Hall–Kier alpha value is -1.49. The third kappa shape index (κ3) is 2.92. The third-order valence-electron chi connectivity index (χ3n) is 2.90. The highest BCUT2D eigenvalue weighted by molar-refractivity contribution is 6.31. The normalized spacial score (nSPS) is 12.5. The fourth-order valence-electron chi connectivity index (χ4n) is 1.97. The van der Waals surface area contributed by atoms with E-state index in [1.807, 2.05) is 6.92 Å². The molecular weight excluding hydrogens is 270 g/mol. The summed E-state index contributed by atoms with van der Waals surface area (Å²) in [7, 11) is 0. The topological polar surface area (TPSA) is 38.0 Å². The van der Waals surface area contributed by atoms with Crippen LogP contribution >= 0.6 is 11.6 Å². The molecule has 1 atom stereocenters.